The van der Waals surface area contributed by atoms with E-state index >= 15 is 0 Å². The van der Waals surface area contributed by atoms with Crippen LogP contribution in [-0.2, 0) is 6.42 Å². The van der Waals surface area contributed by atoms with Gasteiger partial charge in [-0.2, -0.15) is 10.5 Å². The first-order chi connectivity index (χ1) is 7.26. The predicted octanol–water partition coefficient (Wildman–Crippen LogP) is 2.39. The third kappa shape index (κ3) is 2.27. The van der Waals surface area contributed by atoms with Crippen LogP contribution in [0.4, 0.5) is 0 Å². The summed E-state index contributed by atoms with van der Waals surface area (Å²) in [5.41, 5.74) is 1.89. The van der Waals surface area contributed by atoms with E-state index in [0.29, 0.717) is 16.9 Å². The van der Waals surface area contributed by atoms with Crippen molar-refractivity contribution in [3.05, 3.63) is 28.8 Å². The minimum atomic E-state index is 0.535. The summed E-state index contributed by atoms with van der Waals surface area (Å²) >= 11 is 0. The van der Waals surface area contributed by atoms with Gasteiger partial charge in [0.05, 0.1) is 30.4 Å². The maximum atomic E-state index is 8.97. The van der Waals surface area contributed by atoms with E-state index in [-0.39, 0.29) is 0 Å². The Kier molecular flexibility index (Phi) is 3.71. The Balaban J connectivity index is 3.36. The molecule has 0 aliphatic rings. The van der Waals surface area contributed by atoms with Gasteiger partial charge in [-0.05, 0) is 24.1 Å². The molecule has 0 unspecified atom stereocenters. The van der Waals surface area contributed by atoms with Gasteiger partial charge in [-0.1, -0.05) is 13.3 Å². The van der Waals surface area contributed by atoms with Crippen LogP contribution in [0.3, 0.4) is 0 Å². The molecule has 0 heterocycles. The highest BCUT2D eigenvalue weighted by atomic mass is 16.5. The van der Waals surface area contributed by atoms with E-state index in [1.54, 1.807) is 12.1 Å². The van der Waals surface area contributed by atoms with E-state index in [1.807, 2.05) is 6.92 Å². The average molecular weight is 200 g/mol. The van der Waals surface area contributed by atoms with Crippen molar-refractivity contribution < 1.29 is 4.74 Å². The highest BCUT2D eigenvalue weighted by Crippen LogP contribution is 2.22. The lowest BCUT2D eigenvalue weighted by atomic mass is 9.98. The predicted molar refractivity (Wildman–Crippen MR) is 56.4 cm³/mol. The van der Waals surface area contributed by atoms with Crippen molar-refractivity contribution in [1.82, 2.24) is 0 Å². The maximum absolute atomic E-state index is 8.97. The van der Waals surface area contributed by atoms with Crippen molar-refractivity contribution in [1.29, 1.82) is 10.5 Å². The van der Waals surface area contributed by atoms with Gasteiger partial charge in [0, 0.05) is 0 Å². The standard InChI is InChI=1S/C12H12N2O/c1-3-4-12-9(7-13)5-11(15-2)6-10(12)8-14/h5-6H,3-4H2,1-2H3. The Morgan fingerprint density at radius 2 is 1.73 bits per heavy atom. The number of hydrogen-bond acceptors (Lipinski definition) is 3. The summed E-state index contributed by atoms with van der Waals surface area (Å²) < 4.78 is 5.03. The minimum absolute atomic E-state index is 0.535. The second-order valence-electron chi connectivity index (χ2n) is 3.17. The zero-order valence-corrected chi connectivity index (χ0v) is 8.87. The molecule has 0 bridgehead atoms. The van der Waals surface area contributed by atoms with E-state index in [2.05, 4.69) is 12.1 Å². The number of ether oxygens (including phenoxy) is 1. The summed E-state index contributed by atoms with van der Waals surface area (Å²) in [5, 5.41) is 17.9. The Hall–Kier alpha value is -2.00. The van der Waals surface area contributed by atoms with Gasteiger partial charge in [0.25, 0.3) is 0 Å². The number of nitrogens with zero attached hydrogens (tertiary/aromatic N) is 2. The van der Waals surface area contributed by atoms with Gasteiger partial charge in [0.1, 0.15) is 5.75 Å². The molecule has 0 atom stereocenters. The molecule has 0 fully saturated rings. The van der Waals surface area contributed by atoms with Crippen molar-refractivity contribution >= 4 is 0 Å². The first-order valence-electron chi connectivity index (χ1n) is 4.77. The molecule has 15 heavy (non-hydrogen) atoms. The van der Waals surface area contributed by atoms with Gasteiger partial charge >= 0.3 is 0 Å². The summed E-state index contributed by atoms with van der Waals surface area (Å²) in [7, 11) is 1.52. The molecule has 0 spiro atoms. The molecular formula is C12H12N2O. The molecule has 1 rings (SSSR count). The number of methoxy groups -OCH3 is 1. The maximum Gasteiger partial charge on any atom is 0.121 e. The van der Waals surface area contributed by atoms with E-state index < -0.39 is 0 Å². The molecular weight excluding hydrogens is 188 g/mol. The first-order valence-corrected chi connectivity index (χ1v) is 4.77. The quantitative estimate of drug-likeness (QED) is 0.752. The number of nitriles is 2. The van der Waals surface area contributed by atoms with Crippen LogP contribution in [0.25, 0.3) is 0 Å². The lowest BCUT2D eigenvalue weighted by Crippen LogP contribution is -1.96. The van der Waals surface area contributed by atoms with Crippen molar-refractivity contribution in [2.45, 2.75) is 19.8 Å². The molecule has 3 heteroatoms. The lowest BCUT2D eigenvalue weighted by Gasteiger charge is -2.07. The number of rotatable bonds is 3. The molecule has 0 N–H and O–H groups in total. The topological polar surface area (TPSA) is 56.8 Å². The largest absolute Gasteiger partial charge is 0.497 e. The fourth-order valence-corrected chi connectivity index (χ4v) is 1.48. The number of hydrogen-bond donors (Lipinski definition) is 0. The van der Waals surface area contributed by atoms with Crippen molar-refractivity contribution in [3.63, 3.8) is 0 Å². The molecule has 0 radical (unpaired) electrons. The summed E-state index contributed by atoms with van der Waals surface area (Å²) in [5.74, 6) is 0.558. The molecule has 0 amide bonds. The Labute approximate surface area is 89.5 Å². The molecule has 1 aromatic carbocycles. The molecule has 3 nitrogen and oxygen atoms in total. The molecule has 1 aromatic rings. The van der Waals surface area contributed by atoms with Crippen LogP contribution in [0.15, 0.2) is 12.1 Å². The van der Waals surface area contributed by atoms with Crippen molar-refractivity contribution in [2.24, 2.45) is 0 Å². The van der Waals surface area contributed by atoms with Gasteiger partial charge in [-0.25, -0.2) is 0 Å². The van der Waals surface area contributed by atoms with Crippen LogP contribution in [0.2, 0.25) is 0 Å². The zero-order chi connectivity index (χ0) is 11.3. The molecule has 0 saturated heterocycles. The SMILES string of the molecule is CCCc1c(C#N)cc(OC)cc1C#N. The smallest absolute Gasteiger partial charge is 0.121 e. The van der Waals surface area contributed by atoms with E-state index in [9.17, 15) is 0 Å². The number of benzene rings is 1. The van der Waals surface area contributed by atoms with Crippen LogP contribution >= 0.6 is 0 Å². The first kappa shape index (κ1) is 11.1. The summed E-state index contributed by atoms with van der Waals surface area (Å²) in [6.07, 6.45) is 1.66. The summed E-state index contributed by atoms with van der Waals surface area (Å²) in [6, 6.07) is 7.54. The second-order valence-corrected chi connectivity index (χ2v) is 3.17. The molecule has 76 valence electrons. The van der Waals surface area contributed by atoms with Crippen LogP contribution in [0.5, 0.6) is 5.75 Å². The van der Waals surface area contributed by atoms with E-state index in [0.717, 1.165) is 18.4 Å². The highest BCUT2D eigenvalue weighted by Gasteiger charge is 2.10. The summed E-state index contributed by atoms with van der Waals surface area (Å²) in [4.78, 5) is 0. The molecule has 0 aliphatic carbocycles. The average Bonchev–Trinajstić information content (AvgIpc) is 2.29. The van der Waals surface area contributed by atoms with Crippen LogP contribution in [0.1, 0.15) is 30.0 Å². The fourth-order valence-electron chi connectivity index (χ4n) is 1.48. The third-order valence-corrected chi connectivity index (χ3v) is 2.20. The fraction of sp³-hybridized carbons (Fsp3) is 0.333. The Morgan fingerprint density at radius 3 is 2.07 bits per heavy atom. The van der Waals surface area contributed by atoms with Gasteiger partial charge < -0.3 is 4.74 Å². The normalized spacial score (nSPS) is 9.07. The van der Waals surface area contributed by atoms with Crippen LogP contribution < -0.4 is 4.74 Å². The van der Waals surface area contributed by atoms with Gasteiger partial charge in [-0.15, -0.1) is 0 Å². The van der Waals surface area contributed by atoms with Crippen LogP contribution in [-0.4, -0.2) is 7.11 Å². The third-order valence-electron chi connectivity index (χ3n) is 2.20. The summed E-state index contributed by atoms with van der Waals surface area (Å²) in [6.45, 7) is 2.02. The van der Waals surface area contributed by atoms with Gasteiger partial charge in [-0.3, -0.25) is 0 Å². The van der Waals surface area contributed by atoms with E-state index in [1.165, 1.54) is 7.11 Å². The Bertz CT molecular complexity index is 403. The molecule has 0 aliphatic heterocycles. The lowest BCUT2D eigenvalue weighted by molar-refractivity contribution is 0.414. The van der Waals surface area contributed by atoms with Crippen molar-refractivity contribution in [3.8, 4) is 17.9 Å². The van der Waals surface area contributed by atoms with Crippen molar-refractivity contribution in [2.75, 3.05) is 7.11 Å². The van der Waals surface area contributed by atoms with E-state index in [4.69, 9.17) is 15.3 Å². The van der Waals surface area contributed by atoms with Gasteiger partial charge in [0.2, 0.25) is 0 Å². The van der Waals surface area contributed by atoms with Gasteiger partial charge in [0.15, 0.2) is 0 Å². The highest BCUT2D eigenvalue weighted by molar-refractivity contribution is 5.52. The monoisotopic (exact) mass is 200 g/mol. The molecule has 0 saturated carbocycles. The molecule has 0 aromatic heterocycles. The minimum Gasteiger partial charge on any atom is -0.497 e. The van der Waals surface area contributed by atoms with Crippen LogP contribution in [0, 0.1) is 22.7 Å². The zero-order valence-electron chi connectivity index (χ0n) is 8.87. The Morgan fingerprint density at radius 1 is 1.20 bits per heavy atom. The second kappa shape index (κ2) is 5.02.